The van der Waals surface area contributed by atoms with E-state index in [1.165, 1.54) is 6.42 Å². The van der Waals surface area contributed by atoms with Crippen LogP contribution in [0.15, 0.2) is 22.8 Å². The lowest BCUT2D eigenvalue weighted by molar-refractivity contribution is -0.169. The van der Waals surface area contributed by atoms with Crippen LogP contribution in [-0.4, -0.2) is 17.9 Å². The molecule has 1 aliphatic rings. The van der Waals surface area contributed by atoms with Crippen molar-refractivity contribution in [3.8, 4) is 0 Å². The Labute approximate surface area is 97.9 Å². The van der Waals surface area contributed by atoms with Crippen molar-refractivity contribution in [2.24, 2.45) is 0 Å². The molecule has 0 aromatic carbocycles. The second-order valence-corrected chi connectivity index (χ2v) is 4.49. The average molecular weight is 272 g/mol. The Kier molecular flexibility index (Phi) is 4.11. The highest BCUT2D eigenvalue weighted by atomic mass is 79.9. The lowest BCUT2D eigenvalue weighted by Crippen LogP contribution is -2.22. The van der Waals surface area contributed by atoms with Gasteiger partial charge >= 0.3 is 0 Å². The number of hydrogen-bond acceptors (Lipinski definition) is 3. The summed E-state index contributed by atoms with van der Waals surface area (Å²) in [5.41, 5.74) is 0.937. The van der Waals surface area contributed by atoms with Crippen LogP contribution in [0.4, 0.5) is 0 Å². The van der Waals surface area contributed by atoms with Gasteiger partial charge in [-0.3, -0.25) is 4.98 Å². The molecule has 1 aromatic heterocycles. The molecule has 1 saturated heterocycles. The summed E-state index contributed by atoms with van der Waals surface area (Å²) in [7, 11) is 0. The molecule has 82 valence electrons. The minimum absolute atomic E-state index is 0.0378. The number of halogens is 1. The summed E-state index contributed by atoms with van der Waals surface area (Å²) >= 11 is 3.35. The second kappa shape index (κ2) is 5.58. The van der Waals surface area contributed by atoms with Gasteiger partial charge in [-0.25, -0.2) is 0 Å². The fourth-order valence-electron chi connectivity index (χ4n) is 1.51. The predicted octanol–water partition coefficient (Wildman–Crippen LogP) is 2.89. The van der Waals surface area contributed by atoms with Gasteiger partial charge in [0, 0.05) is 17.3 Å². The molecule has 2 rings (SSSR count). The Bertz CT molecular complexity index is 296. The van der Waals surface area contributed by atoms with Crippen molar-refractivity contribution in [1.29, 1.82) is 0 Å². The highest BCUT2D eigenvalue weighted by Crippen LogP contribution is 2.15. The maximum absolute atomic E-state index is 5.61. The van der Waals surface area contributed by atoms with Gasteiger partial charge in [0.25, 0.3) is 0 Å². The summed E-state index contributed by atoms with van der Waals surface area (Å²) in [5, 5.41) is 0. The van der Waals surface area contributed by atoms with Crippen LogP contribution in [0, 0.1) is 0 Å². The van der Waals surface area contributed by atoms with E-state index in [4.69, 9.17) is 9.47 Å². The minimum Gasteiger partial charge on any atom is -0.353 e. The highest BCUT2D eigenvalue weighted by molar-refractivity contribution is 9.10. The summed E-state index contributed by atoms with van der Waals surface area (Å²) in [5.74, 6) is 0. The molecule has 3 nitrogen and oxygen atoms in total. The first-order valence-corrected chi connectivity index (χ1v) is 5.97. The predicted molar refractivity (Wildman–Crippen MR) is 60.3 cm³/mol. The van der Waals surface area contributed by atoms with Crippen molar-refractivity contribution in [3.63, 3.8) is 0 Å². The fraction of sp³-hybridized carbons (Fsp3) is 0.545. The van der Waals surface area contributed by atoms with Crippen molar-refractivity contribution in [2.45, 2.75) is 32.2 Å². The van der Waals surface area contributed by atoms with E-state index in [0.717, 1.165) is 29.6 Å². The molecule has 15 heavy (non-hydrogen) atoms. The molecule has 0 radical (unpaired) electrons. The van der Waals surface area contributed by atoms with Crippen LogP contribution in [0.25, 0.3) is 0 Å². The molecule has 0 aliphatic carbocycles. The quantitative estimate of drug-likeness (QED) is 0.847. The third kappa shape index (κ3) is 3.55. The molecule has 0 amide bonds. The summed E-state index contributed by atoms with van der Waals surface area (Å²) < 4.78 is 12.1. The van der Waals surface area contributed by atoms with Gasteiger partial charge in [-0.1, -0.05) is 0 Å². The van der Waals surface area contributed by atoms with Crippen molar-refractivity contribution in [1.82, 2.24) is 4.98 Å². The molecule has 0 spiro atoms. The topological polar surface area (TPSA) is 31.4 Å². The number of aromatic nitrogens is 1. The second-order valence-electron chi connectivity index (χ2n) is 3.57. The van der Waals surface area contributed by atoms with Crippen LogP contribution in [0.1, 0.15) is 25.0 Å². The maximum atomic E-state index is 5.61. The van der Waals surface area contributed by atoms with Crippen molar-refractivity contribution in [3.05, 3.63) is 28.5 Å². The first-order chi connectivity index (χ1) is 7.34. The molecule has 1 fully saturated rings. The number of pyridine rings is 1. The monoisotopic (exact) mass is 271 g/mol. The molecule has 1 atom stereocenters. The van der Waals surface area contributed by atoms with Crippen LogP contribution >= 0.6 is 15.9 Å². The van der Waals surface area contributed by atoms with Gasteiger partial charge in [0.05, 0.1) is 12.3 Å². The van der Waals surface area contributed by atoms with E-state index in [-0.39, 0.29) is 6.29 Å². The number of hydrogen-bond donors (Lipinski definition) is 0. The van der Waals surface area contributed by atoms with Gasteiger partial charge in [-0.05, 0) is 47.3 Å². The Balaban J connectivity index is 1.79. The third-order valence-electron chi connectivity index (χ3n) is 2.34. The normalized spacial score (nSPS) is 21.5. The molecule has 1 aliphatic heterocycles. The van der Waals surface area contributed by atoms with Gasteiger partial charge < -0.3 is 9.47 Å². The van der Waals surface area contributed by atoms with Crippen LogP contribution in [0.2, 0.25) is 0 Å². The first-order valence-electron chi connectivity index (χ1n) is 5.18. The molecular weight excluding hydrogens is 258 g/mol. The number of ether oxygens (including phenoxy) is 2. The van der Waals surface area contributed by atoms with Gasteiger partial charge in [0.1, 0.15) is 0 Å². The Hall–Kier alpha value is -0.450. The van der Waals surface area contributed by atoms with E-state index in [0.29, 0.717) is 6.61 Å². The zero-order valence-corrected chi connectivity index (χ0v) is 10.1. The number of nitrogens with zero attached hydrogens (tertiary/aromatic N) is 1. The zero-order chi connectivity index (χ0) is 10.5. The molecule has 2 heterocycles. The third-order valence-corrected chi connectivity index (χ3v) is 2.81. The van der Waals surface area contributed by atoms with Crippen molar-refractivity contribution < 1.29 is 9.47 Å². The van der Waals surface area contributed by atoms with Crippen LogP contribution in [0.3, 0.4) is 0 Å². The van der Waals surface area contributed by atoms with E-state index in [2.05, 4.69) is 20.9 Å². The zero-order valence-electron chi connectivity index (χ0n) is 8.49. The summed E-state index contributed by atoms with van der Waals surface area (Å²) in [6.07, 6.45) is 5.08. The van der Waals surface area contributed by atoms with Crippen LogP contribution < -0.4 is 0 Å². The summed E-state index contributed by atoms with van der Waals surface area (Å²) in [6, 6.07) is 3.92. The molecule has 0 N–H and O–H groups in total. The molecular formula is C11H14BrNO2. The molecule has 0 bridgehead atoms. The largest absolute Gasteiger partial charge is 0.353 e. The maximum Gasteiger partial charge on any atom is 0.158 e. The van der Waals surface area contributed by atoms with E-state index < -0.39 is 0 Å². The lowest BCUT2D eigenvalue weighted by atomic mass is 10.2. The summed E-state index contributed by atoms with van der Waals surface area (Å²) in [4.78, 5) is 4.24. The van der Waals surface area contributed by atoms with Crippen LogP contribution in [-0.2, 0) is 16.1 Å². The van der Waals surface area contributed by atoms with Gasteiger partial charge in [0.15, 0.2) is 6.29 Å². The average Bonchev–Trinajstić information content (AvgIpc) is 2.30. The molecule has 4 heteroatoms. The van der Waals surface area contributed by atoms with Gasteiger partial charge in [0.2, 0.25) is 0 Å². The minimum atomic E-state index is -0.0378. The lowest BCUT2D eigenvalue weighted by Gasteiger charge is -2.22. The van der Waals surface area contributed by atoms with E-state index >= 15 is 0 Å². The van der Waals surface area contributed by atoms with Crippen LogP contribution in [0.5, 0.6) is 0 Å². The Morgan fingerprint density at radius 3 is 3.07 bits per heavy atom. The Morgan fingerprint density at radius 2 is 2.40 bits per heavy atom. The number of rotatable bonds is 3. The van der Waals surface area contributed by atoms with Crippen molar-refractivity contribution in [2.75, 3.05) is 6.61 Å². The molecule has 0 unspecified atom stereocenters. The Morgan fingerprint density at radius 1 is 1.47 bits per heavy atom. The SMILES string of the molecule is Brc1ccc(CO[C@H]2CCCCO2)nc1. The standard InChI is InChI=1S/C11H14BrNO2/c12-9-4-5-10(13-7-9)8-15-11-3-1-2-6-14-11/h4-5,7,11H,1-3,6,8H2/t11-/m0/s1. The van der Waals surface area contributed by atoms with Gasteiger partial charge in [-0.2, -0.15) is 0 Å². The van der Waals surface area contributed by atoms with Crippen molar-refractivity contribution >= 4 is 15.9 Å². The van der Waals surface area contributed by atoms with Gasteiger partial charge in [-0.15, -0.1) is 0 Å². The van der Waals surface area contributed by atoms with E-state index in [9.17, 15) is 0 Å². The van der Waals surface area contributed by atoms with E-state index in [1.54, 1.807) is 6.20 Å². The highest BCUT2D eigenvalue weighted by Gasteiger charge is 2.13. The molecule has 1 aromatic rings. The smallest absolute Gasteiger partial charge is 0.158 e. The van der Waals surface area contributed by atoms with E-state index in [1.807, 2.05) is 12.1 Å². The summed E-state index contributed by atoms with van der Waals surface area (Å²) in [6.45, 7) is 1.34. The fourth-order valence-corrected chi connectivity index (χ4v) is 1.75. The molecule has 0 saturated carbocycles. The first kappa shape index (κ1) is 11.0.